The quantitative estimate of drug-likeness (QED) is 0.492. The molecule has 0 rings (SSSR count). The van der Waals surface area contributed by atoms with E-state index in [0.29, 0.717) is 0 Å². The molecule has 0 aliphatic carbocycles. The lowest BCUT2D eigenvalue weighted by Gasteiger charge is -2.07. The Morgan fingerprint density at radius 3 is 1.67 bits per heavy atom. The van der Waals surface area contributed by atoms with Gasteiger partial charge in [-0.25, -0.2) is 0 Å². The molecule has 0 heterocycles. The molecule has 0 saturated heterocycles. The Morgan fingerprint density at radius 2 is 1.47 bits per heavy atom. The van der Waals surface area contributed by atoms with Crippen LogP contribution in [-0.4, -0.2) is 6.36 Å². The minimum absolute atomic E-state index is 0.368. The number of rotatable bonds is 3. The van der Waals surface area contributed by atoms with Crippen LogP contribution in [0.5, 0.6) is 0 Å². The van der Waals surface area contributed by atoms with E-state index in [0.717, 1.165) is 12.2 Å². The zero-order valence-corrected chi connectivity index (χ0v) is 9.69. The largest absolute Gasteiger partial charge is 0.573 e. The van der Waals surface area contributed by atoms with E-state index in [4.69, 9.17) is 0 Å². The maximum Gasteiger partial charge on any atom is 0.573 e. The number of alkyl halides is 3. The molecule has 90 valence electrons. The zero-order valence-electron chi connectivity index (χ0n) is 9.69. The van der Waals surface area contributed by atoms with E-state index in [1.807, 2.05) is 27.7 Å². The molecule has 0 aliphatic rings. The van der Waals surface area contributed by atoms with Gasteiger partial charge in [-0.2, -0.15) is 0 Å². The van der Waals surface area contributed by atoms with Crippen molar-refractivity contribution in [2.45, 2.75) is 34.1 Å². The van der Waals surface area contributed by atoms with Crippen molar-refractivity contribution in [1.82, 2.24) is 0 Å². The van der Waals surface area contributed by atoms with Gasteiger partial charge in [0, 0.05) is 0 Å². The second kappa shape index (κ2) is 12.8. The molecule has 1 nitrogen and oxygen atoms in total. The highest BCUT2D eigenvalue weighted by atomic mass is 19.4. The summed E-state index contributed by atoms with van der Waals surface area (Å²) >= 11 is 0. The second-order valence-corrected chi connectivity index (χ2v) is 1.56. The Kier molecular flexibility index (Phi) is 16.6. The van der Waals surface area contributed by atoms with Gasteiger partial charge >= 0.3 is 6.36 Å². The van der Waals surface area contributed by atoms with Crippen LogP contribution in [0.2, 0.25) is 0 Å². The molecule has 0 spiro atoms. The third kappa shape index (κ3) is 19.3. The first-order chi connectivity index (χ1) is 6.99. The van der Waals surface area contributed by atoms with E-state index in [-0.39, 0.29) is 5.76 Å². The normalized spacial score (nSPS) is 9.93. The van der Waals surface area contributed by atoms with Gasteiger partial charge in [-0.1, -0.05) is 46.9 Å². The summed E-state index contributed by atoms with van der Waals surface area (Å²) < 4.78 is 37.9. The molecule has 15 heavy (non-hydrogen) atoms. The topological polar surface area (TPSA) is 9.23 Å². The Hall–Kier alpha value is -1.19. The molecule has 0 bridgehead atoms. The van der Waals surface area contributed by atoms with Crippen LogP contribution in [0.15, 0.2) is 37.1 Å². The monoisotopic (exact) mass is 224 g/mol. The zero-order chi connectivity index (χ0) is 12.9. The smallest absolute Gasteiger partial charge is 0.406 e. The molecule has 0 atom stereocenters. The molecule has 0 amide bonds. The van der Waals surface area contributed by atoms with Crippen molar-refractivity contribution < 1.29 is 17.9 Å². The summed E-state index contributed by atoms with van der Waals surface area (Å²) in [4.78, 5) is 0. The summed E-state index contributed by atoms with van der Waals surface area (Å²) in [6.45, 7) is 14.3. The molecule has 0 aromatic rings. The SMILES string of the molecule is C=C/C=C(\C=C)OC(F)(F)F.CC.CC. The summed E-state index contributed by atoms with van der Waals surface area (Å²) in [6, 6.07) is 0. The van der Waals surface area contributed by atoms with Crippen LogP contribution in [0, 0.1) is 0 Å². The van der Waals surface area contributed by atoms with Crippen molar-refractivity contribution in [3.8, 4) is 0 Å². The lowest BCUT2D eigenvalue weighted by Crippen LogP contribution is -2.11. The molecular weight excluding hydrogens is 205 g/mol. The van der Waals surface area contributed by atoms with Gasteiger partial charge < -0.3 is 4.74 Å². The molecule has 4 heteroatoms. The fourth-order valence-corrected chi connectivity index (χ4v) is 0.394. The predicted molar refractivity (Wildman–Crippen MR) is 58.3 cm³/mol. The highest BCUT2D eigenvalue weighted by Crippen LogP contribution is 2.20. The lowest BCUT2D eigenvalue weighted by atomic mass is 10.4. The van der Waals surface area contributed by atoms with Gasteiger partial charge in [-0.05, 0) is 12.2 Å². The van der Waals surface area contributed by atoms with Crippen molar-refractivity contribution in [1.29, 1.82) is 0 Å². The van der Waals surface area contributed by atoms with Gasteiger partial charge in [0.2, 0.25) is 0 Å². The molecule has 0 aromatic heterocycles. The van der Waals surface area contributed by atoms with Gasteiger partial charge in [0.1, 0.15) is 5.76 Å². The Bertz CT molecular complexity index is 181. The summed E-state index contributed by atoms with van der Waals surface area (Å²) in [5.74, 6) is -0.368. The van der Waals surface area contributed by atoms with Crippen molar-refractivity contribution >= 4 is 0 Å². The molecule has 0 aromatic carbocycles. The molecule has 0 unspecified atom stereocenters. The lowest BCUT2D eigenvalue weighted by molar-refractivity contribution is -0.303. The molecule has 0 saturated carbocycles. The first-order valence-electron chi connectivity index (χ1n) is 4.70. The predicted octanol–water partition coefficient (Wildman–Crippen LogP) is 4.83. The second-order valence-electron chi connectivity index (χ2n) is 1.56. The van der Waals surface area contributed by atoms with Crippen LogP contribution in [0.3, 0.4) is 0 Å². The maximum atomic E-state index is 11.5. The van der Waals surface area contributed by atoms with Crippen LogP contribution < -0.4 is 0 Å². The Labute approximate surface area is 89.9 Å². The molecular formula is C11H19F3O. The minimum atomic E-state index is -4.66. The van der Waals surface area contributed by atoms with Gasteiger partial charge in [0.25, 0.3) is 0 Å². The number of hydrogen-bond acceptors (Lipinski definition) is 1. The van der Waals surface area contributed by atoms with Crippen molar-refractivity contribution in [2.24, 2.45) is 0 Å². The van der Waals surface area contributed by atoms with E-state index in [9.17, 15) is 13.2 Å². The molecule has 0 N–H and O–H groups in total. The van der Waals surface area contributed by atoms with E-state index in [1.54, 1.807) is 0 Å². The van der Waals surface area contributed by atoms with E-state index >= 15 is 0 Å². The first kappa shape index (κ1) is 19.4. The third-order valence-corrected chi connectivity index (χ3v) is 0.717. The average Bonchev–Trinajstić information content (AvgIpc) is 2.21. The van der Waals surface area contributed by atoms with Gasteiger partial charge in [0.05, 0.1) is 0 Å². The number of ether oxygens (including phenoxy) is 1. The van der Waals surface area contributed by atoms with Crippen molar-refractivity contribution in [3.05, 3.63) is 37.1 Å². The fraction of sp³-hybridized carbons (Fsp3) is 0.455. The van der Waals surface area contributed by atoms with Crippen molar-refractivity contribution in [3.63, 3.8) is 0 Å². The number of hydrogen-bond donors (Lipinski definition) is 0. The molecule has 0 aliphatic heterocycles. The van der Waals surface area contributed by atoms with Crippen LogP contribution in [-0.2, 0) is 4.74 Å². The average molecular weight is 224 g/mol. The van der Waals surface area contributed by atoms with E-state index < -0.39 is 6.36 Å². The highest BCUT2D eigenvalue weighted by Gasteiger charge is 2.31. The summed E-state index contributed by atoms with van der Waals surface area (Å²) in [5, 5.41) is 0. The number of halogens is 3. The molecule has 0 radical (unpaired) electrons. The Balaban J connectivity index is -0.000000318. The maximum absolute atomic E-state index is 11.5. The molecule has 0 fully saturated rings. The summed E-state index contributed by atoms with van der Waals surface area (Å²) in [6.07, 6.45) is -1.46. The minimum Gasteiger partial charge on any atom is -0.406 e. The van der Waals surface area contributed by atoms with Gasteiger partial charge in [-0.3, -0.25) is 0 Å². The fourth-order valence-electron chi connectivity index (χ4n) is 0.394. The highest BCUT2D eigenvalue weighted by molar-refractivity contribution is 5.14. The van der Waals surface area contributed by atoms with Gasteiger partial charge in [0.15, 0.2) is 0 Å². The number of allylic oxidation sites excluding steroid dienone is 3. The summed E-state index contributed by atoms with van der Waals surface area (Å²) in [5.41, 5.74) is 0. The van der Waals surface area contributed by atoms with E-state index in [2.05, 4.69) is 17.9 Å². The van der Waals surface area contributed by atoms with Crippen LogP contribution in [0.25, 0.3) is 0 Å². The van der Waals surface area contributed by atoms with Gasteiger partial charge in [-0.15, -0.1) is 13.2 Å². The standard InChI is InChI=1S/C7H7F3O.2C2H6/c1-3-5-6(4-2)11-7(8,9)10;2*1-2/h3-5H,1-2H2;2*1-2H3/b6-5+;;. The van der Waals surface area contributed by atoms with Crippen LogP contribution in [0.1, 0.15) is 27.7 Å². The van der Waals surface area contributed by atoms with Crippen molar-refractivity contribution in [2.75, 3.05) is 0 Å². The van der Waals surface area contributed by atoms with E-state index in [1.165, 1.54) is 6.08 Å². The summed E-state index contributed by atoms with van der Waals surface area (Å²) in [7, 11) is 0. The first-order valence-corrected chi connectivity index (χ1v) is 4.70. The third-order valence-electron chi connectivity index (χ3n) is 0.717. The van der Waals surface area contributed by atoms with Crippen LogP contribution >= 0.6 is 0 Å². The van der Waals surface area contributed by atoms with Crippen LogP contribution in [0.4, 0.5) is 13.2 Å². The Morgan fingerprint density at radius 1 is 1.07 bits per heavy atom.